The fourth-order valence-electron chi connectivity index (χ4n) is 2.03. The summed E-state index contributed by atoms with van der Waals surface area (Å²) in [4.78, 5) is 32.1. The molecule has 3 rings (SSSR count). The smallest absolute Gasteiger partial charge is 0.357 e. The molecule has 3 aromatic heterocycles. The maximum absolute atomic E-state index is 12.0. The Morgan fingerprint density at radius 2 is 2.14 bits per heavy atom. The summed E-state index contributed by atoms with van der Waals surface area (Å²) in [6.07, 6.45) is 3.23. The molecule has 3 aromatic rings. The number of ether oxygens (including phenoxy) is 1. The third kappa shape index (κ3) is 2.85. The lowest BCUT2D eigenvalue weighted by molar-refractivity contribution is 0.0460. The molecule has 0 saturated heterocycles. The van der Waals surface area contributed by atoms with Crippen LogP contribution in [0.25, 0.3) is 5.65 Å². The minimum atomic E-state index is -0.550. The summed E-state index contributed by atoms with van der Waals surface area (Å²) < 4.78 is 6.59. The van der Waals surface area contributed by atoms with Gasteiger partial charge in [-0.25, -0.2) is 14.8 Å². The van der Waals surface area contributed by atoms with Crippen molar-refractivity contribution < 1.29 is 9.53 Å². The van der Waals surface area contributed by atoms with Gasteiger partial charge in [0.05, 0.1) is 5.69 Å². The van der Waals surface area contributed by atoms with Gasteiger partial charge in [0.15, 0.2) is 0 Å². The van der Waals surface area contributed by atoms with Crippen LogP contribution in [0.15, 0.2) is 53.6 Å². The van der Waals surface area contributed by atoms with E-state index in [0.717, 1.165) is 5.56 Å². The number of rotatable bonds is 3. The highest BCUT2D eigenvalue weighted by Gasteiger charge is 2.09. The number of aromatic nitrogens is 3. The second-order valence-electron chi connectivity index (χ2n) is 4.81. The third-order valence-electron chi connectivity index (χ3n) is 3.09. The average molecular weight is 295 g/mol. The maximum atomic E-state index is 12.0. The molecular formula is C16H13N3O3. The minimum Gasteiger partial charge on any atom is -0.454 e. The van der Waals surface area contributed by atoms with E-state index in [1.54, 1.807) is 30.5 Å². The van der Waals surface area contributed by atoms with Gasteiger partial charge in [-0.05, 0) is 30.7 Å². The number of pyridine rings is 2. The normalized spacial score (nSPS) is 10.6. The van der Waals surface area contributed by atoms with Crippen LogP contribution in [0.5, 0.6) is 0 Å². The molecule has 0 atom stereocenters. The van der Waals surface area contributed by atoms with Crippen molar-refractivity contribution in [2.24, 2.45) is 0 Å². The Labute approximate surface area is 126 Å². The van der Waals surface area contributed by atoms with Crippen molar-refractivity contribution >= 4 is 11.6 Å². The molecule has 0 bridgehead atoms. The van der Waals surface area contributed by atoms with Crippen LogP contribution in [-0.4, -0.2) is 20.3 Å². The van der Waals surface area contributed by atoms with Crippen LogP contribution in [-0.2, 0) is 11.3 Å². The molecule has 0 N–H and O–H groups in total. The molecule has 110 valence electrons. The first-order chi connectivity index (χ1) is 10.6. The fraction of sp³-hybridized carbons (Fsp3) is 0.125. The van der Waals surface area contributed by atoms with Crippen LogP contribution in [0.1, 0.15) is 21.7 Å². The minimum absolute atomic E-state index is 0.0744. The zero-order valence-electron chi connectivity index (χ0n) is 11.9. The molecular weight excluding hydrogens is 282 g/mol. The Morgan fingerprint density at radius 1 is 1.27 bits per heavy atom. The highest BCUT2D eigenvalue weighted by molar-refractivity contribution is 5.87. The van der Waals surface area contributed by atoms with Crippen LogP contribution < -0.4 is 5.56 Å². The number of nitrogens with zero attached hydrogens (tertiary/aromatic N) is 3. The van der Waals surface area contributed by atoms with Crippen LogP contribution in [0.4, 0.5) is 0 Å². The van der Waals surface area contributed by atoms with Crippen LogP contribution in [0, 0.1) is 6.92 Å². The Morgan fingerprint density at radius 3 is 2.91 bits per heavy atom. The third-order valence-corrected chi connectivity index (χ3v) is 3.09. The lowest BCUT2D eigenvalue weighted by Gasteiger charge is -2.06. The number of aryl methyl sites for hydroxylation is 1. The molecule has 0 saturated carbocycles. The van der Waals surface area contributed by atoms with Crippen LogP contribution >= 0.6 is 0 Å². The van der Waals surface area contributed by atoms with Gasteiger partial charge in [0.1, 0.15) is 17.9 Å². The van der Waals surface area contributed by atoms with E-state index in [1.807, 2.05) is 13.0 Å². The van der Waals surface area contributed by atoms with E-state index < -0.39 is 5.97 Å². The molecule has 6 heteroatoms. The van der Waals surface area contributed by atoms with Crippen molar-refractivity contribution in [3.05, 3.63) is 76.1 Å². The lowest BCUT2D eigenvalue weighted by atomic mass is 10.3. The predicted molar refractivity (Wildman–Crippen MR) is 79.6 cm³/mol. The van der Waals surface area contributed by atoms with Crippen molar-refractivity contribution in [3.8, 4) is 0 Å². The molecule has 3 heterocycles. The molecule has 0 fully saturated rings. The van der Waals surface area contributed by atoms with Gasteiger partial charge in [-0.3, -0.25) is 9.20 Å². The van der Waals surface area contributed by atoms with E-state index in [4.69, 9.17) is 4.74 Å². The first kappa shape index (κ1) is 13.9. The SMILES string of the molecule is Cc1ccc2nc(COC(=O)c3ccccn3)cc(=O)n2c1. The fourth-order valence-corrected chi connectivity index (χ4v) is 2.03. The molecule has 0 aromatic carbocycles. The summed E-state index contributed by atoms with van der Waals surface area (Å²) in [5, 5.41) is 0. The first-order valence-electron chi connectivity index (χ1n) is 6.70. The number of carbonyl (C=O) groups is 1. The summed E-state index contributed by atoms with van der Waals surface area (Å²) >= 11 is 0. The lowest BCUT2D eigenvalue weighted by Crippen LogP contribution is -2.17. The van der Waals surface area contributed by atoms with Gasteiger partial charge in [-0.1, -0.05) is 12.1 Å². The van der Waals surface area contributed by atoms with Crippen molar-refractivity contribution in [1.29, 1.82) is 0 Å². The van der Waals surface area contributed by atoms with Crippen molar-refractivity contribution in [3.63, 3.8) is 0 Å². The van der Waals surface area contributed by atoms with Crippen LogP contribution in [0.2, 0.25) is 0 Å². The number of fused-ring (bicyclic) bond motifs is 1. The maximum Gasteiger partial charge on any atom is 0.357 e. The molecule has 0 unspecified atom stereocenters. The molecule has 6 nitrogen and oxygen atoms in total. The van der Waals surface area contributed by atoms with Gasteiger partial charge in [-0.15, -0.1) is 0 Å². The van der Waals surface area contributed by atoms with Gasteiger partial charge >= 0.3 is 5.97 Å². The Kier molecular flexibility index (Phi) is 3.65. The van der Waals surface area contributed by atoms with E-state index in [-0.39, 0.29) is 17.9 Å². The Balaban J connectivity index is 1.81. The summed E-state index contributed by atoms with van der Waals surface area (Å²) in [5.41, 5.74) is 1.89. The second kappa shape index (κ2) is 5.77. The van der Waals surface area contributed by atoms with E-state index in [1.165, 1.54) is 16.7 Å². The predicted octanol–water partition coefficient (Wildman–Crippen LogP) is 1.75. The topological polar surface area (TPSA) is 73.6 Å². The standard InChI is InChI=1S/C16H13N3O3/c1-11-5-6-14-18-12(8-15(20)19(14)9-11)10-22-16(21)13-4-2-3-7-17-13/h2-9H,10H2,1H3. The van der Waals surface area contributed by atoms with E-state index >= 15 is 0 Å². The molecule has 0 radical (unpaired) electrons. The van der Waals surface area contributed by atoms with E-state index in [9.17, 15) is 9.59 Å². The highest BCUT2D eigenvalue weighted by Crippen LogP contribution is 2.05. The monoisotopic (exact) mass is 295 g/mol. The first-order valence-corrected chi connectivity index (χ1v) is 6.70. The van der Waals surface area contributed by atoms with Gasteiger partial charge in [0.25, 0.3) is 5.56 Å². The van der Waals surface area contributed by atoms with Gasteiger partial charge in [-0.2, -0.15) is 0 Å². The largest absolute Gasteiger partial charge is 0.454 e. The Hall–Kier alpha value is -3.02. The summed E-state index contributed by atoms with van der Waals surface area (Å²) in [6, 6.07) is 9.95. The van der Waals surface area contributed by atoms with Gasteiger partial charge < -0.3 is 4.74 Å². The second-order valence-corrected chi connectivity index (χ2v) is 4.81. The summed E-state index contributed by atoms with van der Waals surface area (Å²) in [6.45, 7) is 1.82. The highest BCUT2D eigenvalue weighted by atomic mass is 16.5. The molecule has 0 aliphatic carbocycles. The van der Waals surface area contributed by atoms with Crippen molar-refractivity contribution in [2.75, 3.05) is 0 Å². The van der Waals surface area contributed by atoms with Crippen LogP contribution in [0.3, 0.4) is 0 Å². The van der Waals surface area contributed by atoms with Crippen molar-refractivity contribution in [1.82, 2.24) is 14.4 Å². The summed E-state index contributed by atoms with van der Waals surface area (Å²) in [7, 11) is 0. The quantitative estimate of drug-likeness (QED) is 0.688. The van der Waals surface area contributed by atoms with Gasteiger partial charge in [0.2, 0.25) is 0 Å². The van der Waals surface area contributed by atoms with Crippen molar-refractivity contribution in [2.45, 2.75) is 13.5 Å². The van der Waals surface area contributed by atoms with E-state index in [0.29, 0.717) is 11.3 Å². The zero-order valence-corrected chi connectivity index (χ0v) is 11.9. The molecule has 22 heavy (non-hydrogen) atoms. The number of esters is 1. The molecule has 0 aliphatic rings. The van der Waals surface area contributed by atoms with E-state index in [2.05, 4.69) is 9.97 Å². The van der Waals surface area contributed by atoms with Gasteiger partial charge in [0, 0.05) is 18.5 Å². The summed E-state index contributed by atoms with van der Waals surface area (Å²) in [5.74, 6) is -0.550. The number of carbonyl (C=O) groups excluding carboxylic acids is 1. The molecule has 0 aliphatic heterocycles. The number of hydrogen-bond donors (Lipinski definition) is 0. The number of hydrogen-bond acceptors (Lipinski definition) is 5. The Bertz CT molecular complexity index is 888. The average Bonchev–Trinajstić information content (AvgIpc) is 2.54. The molecule has 0 spiro atoms. The zero-order chi connectivity index (χ0) is 15.5. The molecule has 0 amide bonds.